The molecule has 3 heterocycles. The number of hydrogen-bond donors (Lipinski definition) is 1. The standard InChI is InChI=1S/C22H31BrN4O4S/c23-17-6-3-8-19(14-17)32(30,31)24-20-9-5-12-26(22(20)29)16-21(28)27-13-4-7-18(27)15-25-10-1-2-11-25/h3,6,8,14,18,20,24H,1-2,4-5,7,9-13,15-16H2/t18-,20-/m0/s1. The largest absolute Gasteiger partial charge is 0.337 e. The van der Waals surface area contributed by atoms with Gasteiger partial charge in [-0.05, 0) is 69.8 Å². The molecule has 0 bridgehead atoms. The number of halogens is 1. The van der Waals surface area contributed by atoms with Gasteiger partial charge in [-0.2, -0.15) is 4.72 Å². The number of rotatable bonds is 7. The van der Waals surface area contributed by atoms with Crippen LogP contribution in [0.25, 0.3) is 0 Å². The van der Waals surface area contributed by atoms with Crippen LogP contribution in [0, 0.1) is 0 Å². The third-order valence-corrected chi connectivity index (χ3v) is 8.59. The molecule has 0 aliphatic carbocycles. The van der Waals surface area contributed by atoms with Crippen molar-refractivity contribution in [2.75, 3.05) is 39.3 Å². The summed E-state index contributed by atoms with van der Waals surface area (Å²) in [4.78, 5) is 32.1. The number of sulfonamides is 1. The van der Waals surface area contributed by atoms with Gasteiger partial charge in [0.05, 0.1) is 11.4 Å². The number of hydrogen-bond acceptors (Lipinski definition) is 5. The number of carbonyl (C=O) groups is 2. The monoisotopic (exact) mass is 526 g/mol. The molecular weight excluding hydrogens is 496 g/mol. The van der Waals surface area contributed by atoms with Crippen LogP contribution in [-0.2, 0) is 19.6 Å². The molecule has 1 aromatic carbocycles. The third kappa shape index (κ3) is 5.52. The summed E-state index contributed by atoms with van der Waals surface area (Å²) in [6.07, 6.45) is 5.53. The average Bonchev–Trinajstić information content (AvgIpc) is 3.43. The zero-order valence-corrected chi connectivity index (χ0v) is 20.6. The molecule has 0 saturated carbocycles. The fourth-order valence-corrected chi connectivity index (χ4v) is 6.79. The minimum Gasteiger partial charge on any atom is -0.337 e. The minimum absolute atomic E-state index is 0.0183. The number of amides is 2. The maximum atomic E-state index is 13.1. The molecule has 0 radical (unpaired) electrons. The first-order chi connectivity index (χ1) is 15.3. The maximum Gasteiger partial charge on any atom is 0.242 e. The van der Waals surface area contributed by atoms with E-state index in [4.69, 9.17) is 0 Å². The fraction of sp³-hybridized carbons (Fsp3) is 0.636. The van der Waals surface area contributed by atoms with Crippen LogP contribution >= 0.6 is 15.9 Å². The van der Waals surface area contributed by atoms with Gasteiger partial charge < -0.3 is 14.7 Å². The molecule has 2 amide bonds. The predicted octanol–water partition coefficient (Wildman–Crippen LogP) is 1.81. The summed E-state index contributed by atoms with van der Waals surface area (Å²) in [7, 11) is -3.83. The van der Waals surface area contributed by atoms with Gasteiger partial charge in [0.1, 0.15) is 6.04 Å². The van der Waals surface area contributed by atoms with Crippen molar-refractivity contribution in [3.63, 3.8) is 0 Å². The molecule has 8 nitrogen and oxygen atoms in total. The fourth-order valence-electron chi connectivity index (χ4n) is 4.97. The van der Waals surface area contributed by atoms with E-state index in [1.807, 2.05) is 4.90 Å². The molecule has 3 saturated heterocycles. The number of carbonyl (C=O) groups excluding carboxylic acids is 2. The number of likely N-dealkylation sites (tertiary alicyclic amines) is 3. The van der Waals surface area contributed by atoms with Crippen LogP contribution < -0.4 is 4.72 Å². The van der Waals surface area contributed by atoms with Crippen molar-refractivity contribution in [1.82, 2.24) is 19.4 Å². The summed E-state index contributed by atoms with van der Waals surface area (Å²) in [5.74, 6) is -0.353. The van der Waals surface area contributed by atoms with E-state index in [-0.39, 0.29) is 29.3 Å². The van der Waals surface area contributed by atoms with Crippen molar-refractivity contribution in [3.05, 3.63) is 28.7 Å². The van der Waals surface area contributed by atoms with Gasteiger partial charge in [-0.25, -0.2) is 8.42 Å². The Morgan fingerprint density at radius 1 is 1.06 bits per heavy atom. The Balaban J connectivity index is 1.37. The Morgan fingerprint density at radius 3 is 2.56 bits per heavy atom. The molecule has 4 rings (SSSR count). The van der Waals surface area contributed by atoms with E-state index in [0.717, 1.165) is 39.0 Å². The van der Waals surface area contributed by atoms with Crippen molar-refractivity contribution < 1.29 is 18.0 Å². The second-order valence-corrected chi connectivity index (χ2v) is 11.6. The Kier molecular flexibility index (Phi) is 7.54. The van der Waals surface area contributed by atoms with Gasteiger partial charge in [0.15, 0.2) is 0 Å². The highest BCUT2D eigenvalue weighted by molar-refractivity contribution is 9.10. The summed E-state index contributed by atoms with van der Waals surface area (Å²) in [5, 5.41) is 0. The molecule has 0 aromatic heterocycles. The summed E-state index contributed by atoms with van der Waals surface area (Å²) in [5.41, 5.74) is 0. The summed E-state index contributed by atoms with van der Waals surface area (Å²) in [6, 6.07) is 5.75. The van der Waals surface area contributed by atoms with Gasteiger partial charge in [0, 0.05) is 30.1 Å². The lowest BCUT2D eigenvalue weighted by Gasteiger charge is -2.34. The van der Waals surface area contributed by atoms with Crippen molar-refractivity contribution >= 4 is 37.8 Å². The lowest BCUT2D eigenvalue weighted by Crippen LogP contribution is -2.55. The van der Waals surface area contributed by atoms with E-state index in [2.05, 4.69) is 25.6 Å². The molecule has 2 atom stereocenters. The first kappa shape index (κ1) is 23.7. The van der Waals surface area contributed by atoms with Crippen molar-refractivity contribution in [2.24, 2.45) is 0 Å². The van der Waals surface area contributed by atoms with Crippen LogP contribution in [0.1, 0.15) is 38.5 Å². The van der Waals surface area contributed by atoms with E-state index in [9.17, 15) is 18.0 Å². The highest BCUT2D eigenvalue weighted by Crippen LogP contribution is 2.22. The Hall–Kier alpha value is -1.49. The quantitative estimate of drug-likeness (QED) is 0.585. The highest BCUT2D eigenvalue weighted by Gasteiger charge is 2.36. The van der Waals surface area contributed by atoms with Crippen LogP contribution in [0.4, 0.5) is 0 Å². The van der Waals surface area contributed by atoms with Gasteiger partial charge >= 0.3 is 0 Å². The summed E-state index contributed by atoms with van der Waals surface area (Å²) in [6.45, 7) is 4.34. The lowest BCUT2D eigenvalue weighted by atomic mass is 10.1. The van der Waals surface area contributed by atoms with E-state index >= 15 is 0 Å². The number of benzene rings is 1. The average molecular weight is 527 g/mol. The number of piperidine rings is 1. The maximum absolute atomic E-state index is 13.1. The van der Waals surface area contributed by atoms with Gasteiger partial charge in [-0.3, -0.25) is 9.59 Å². The molecule has 3 aliphatic heterocycles. The first-order valence-corrected chi connectivity index (χ1v) is 13.7. The van der Waals surface area contributed by atoms with Crippen molar-refractivity contribution in [2.45, 2.75) is 55.5 Å². The molecular formula is C22H31BrN4O4S. The van der Waals surface area contributed by atoms with Gasteiger partial charge in [-0.1, -0.05) is 22.0 Å². The molecule has 1 aromatic rings. The molecule has 3 aliphatic rings. The van der Waals surface area contributed by atoms with E-state index in [1.54, 1.807) is 12.1 Å². The van der Waals surface area contributed by atoms with Crippen LogP contribution in [-0.4, -0.2) is 86.3 Å². The Morgan fingerprint density at radius 2 is 1.81 bits per heavy atom. The smallest absolute Gasteiger partial charge is 0.242 e. The summed E-state index contributed by atoms with van der Waals surface area (Å²) >= 11 is 3.28. The van der Waals surface area contributed by atoms with E-state index in [1.165, 1.54) is 29.9 Å². The Bertz CT molecular complexity index is 951. The van der Waals surface area contributed by atoms with Crippen LogP contribution in [0.3, 0.4) is 0 Å². The summed E-state index contributed by atoms with van der Waals surface area (Å²) < 4.78 is 28.7. The topological polar surface area (TPSA) is 90.0 Å². The molecule has 10 heteroatoms. The molecule has 3 fully saturated rings. The zero-order valence-electron chi connectivity index (χ0n) is 18.2. The first-order valence-electron chi connectivity index (χ1n) is 11.4. The molecule has 0 spiro atoms. The zero-order chi connectivity index (χ0) is 22.7. The second-order valence-electron chi connectivity index (χ2n) is 8.92. The number of nitrogens with one attached hydrogen (secondary N) is 1. The molecule has 176 valence electrons. The van der Waals surface area contributed by atoms with Crippen LogP contribution in [0.15, 0.2) is 33.6 Å². The van der Waals surface area contributed by atoms with E-state index < -0.39 is 16.1 Å². The van der Waals surface area contributed by atoms with E-state index in [0.29, 0.717) is 23.9 Å². The SMILES string of the molecule is O=C1[C@@H](NS(=O)(=O)c2cccc(Br)c2)CCCN1CC(=O)N1CCC[C@H]1CN1CCCC1. The van der Waals surface area contributed by atoms with Crippen LogP contribution in [0.5, 0.6) is 0 Å². The molecule has 0 unspecified atom stereocenters. The second kappa shape index (κ2) is 10.2. The van der Waals surface area contributed by atoms with Gasteiger partial charge in [0.2, 0.25) is 21.8 Å². The highest BCUT2D eigenvalue weighted by atomic mass is 79.9. The normalized spacial score (nSPS) is 25.0. The third-order valence-electron chi connectivity index (χ3n) is 6.63. The lowest BCUT2D eigenvalue weighted by molar-refractivity contribution is -0.143. The van der Waals surface area contributed by atoms with Gasteiger partial charge in [-0.15, -0.1) is 0 Å². The van der Waals surface area contributed by atoms with Crippen molar-refractivity contribution in [1.29, 1.82) is 0 Å². The van der Waals surface area contributed by atoms with Gasteiger partial charge in [0.25, 0.3) is 0 Å². The van der Waals surface area contributed by atoms with Crippen LogP contribution in [0.2, 0.25) is 0 Å². The minimum atomic E-state index is -3.83. The van der Waals surface area contributed by atoms with Crippen molar-refractivity contribution in [3.8, 4) is 0 Å². The number of nitrogens with zero attached hydrogens (tertiary/aromatic N) is 3. The molecule has 32 heavy (non-hydrogen) atoms. The molecule has 1 N–H and O–H groups in total. The Labute approximate surface area is 198 Å². The predicted molar refractivity (Wildman–Crippen MR) is 124 cm³/mol.